The molecule has 0 spiro atoms. The number of sulfonamides is 2. The Morgan fingerprint density at radius 1 is 0.783 bits per heavy atom. The van der Waals surface area contributed by atoms with Crippen molar-refractivity contribution in [3.8, 4) is 0 Å². The average Bonchev–Trinajstić information content (AvgIpc) is 3.02. The van der Waals surface area contributed by atoms with Crippen LogP contribution >= 0.6 is 12.8 Å². The molecule has 2 bridgehead atoms. The summed E-state index contributed by atoms with van der Waals surface area (Å²) in [5, 5.41) is 11.3. The highest BCUT2D eigenvalue weighted by Gasteiger charge is 2.36. The number of nitro benzene ring substituents is 1. The molecule has 0 aliphatic carbocycles. The maximum absolute atomic E-state index is 14.5. The fourth-order valence-electron chi connectivity index (χ4n) is 5.31. The topological polar surface area (TPSA) is 134 Å². The molecule has 1 atom stereocenters. The number of hydrogen-bond acceptors (Lipinski definition) is 9. The second kappa shape index (κ2) is 14.0. The molecule has 242 valence electrons. The summed E-state index contributed by atoms with van der Waals surface area (Å²) in [7, 11) is -8.21. The quantitative estimate of drug-likeness (QED) is 0.165. The van der Waals surface area contributed by atoms with Gasteiger partial charge in [0.25, 0.3) is 5.69 Å². The van der Waals surface area contributed by atoms with E-state index in [4.69, 9.17) is 4.98 Å². The maximum Gasteiger partial charge on any atom is 0.269 e. The van der Waals surface area contributed by atoms with E-state index in [-0.39, 0.29) is 54.6 Å². The van der Waals surface area contributed by atoms with Crippen molar-refractivity contribution in [2.24, 2.45) is 0 Å². The van der Waals surface area contributed by atoms with E-state index in [0.717, 1.165) is 11.1 Å². The van der Waals surface area contributed by atoms with Crippen molar-refractivity contribution in [2.75, 3.05) is 26.2 Å². The second-order valence-electron chi connectivity index (χ2n) is 11.2. The van der Waals surface area contributed by atoms with E-state index in [1.165, 1.54) is 32.9 Å². The average molecular weight is 682 g/mol. The van der Waals surface area contributed by atoms with Crippen LogP contribution in [0.4, 0.5) is 5.69 Å². The van der Waals surface area contributed by atoms with Crippen molar-refractivity contribution in [1.82, 2.24) is 17.9 Å². The first-order valence-electron chi connectivity index (χ1n) is 14.6. The van der Waals surface area contributed by atoms with Crippen molar-refractivity contribution in [1.29, 1.82) is 0 Å². The zero-order valence-electron chi connectivity index (χ0n) is 25.4. The molecule has 5 rings (SSSR count). The highest BCUT2D eigenvalue weighted by Crippen LogP contribution is 2.32. The molecule has 14 heteroatoms. The van der Waals surface area contributed by atoms with Crippen LogP contribution in [0.25, 0.3) is 0 Å². The normalized spacial score (nSPS) is 17.6. The molecule has 0 saturated carbocycles. The number of thiol groups is 1. The highest BCUT2D eigenvalue weighted by atomic mass is 32.2. The summed E-state index contributed by atoms with van der Waals surface area (Å²) in [4.78, 5) is 15.8. The molecule has 2 heterocycles. The fraction of sp³-hybridized carbons (Fsp3) is 0.281. The monoisotopic (exact) mass is 681 g/mol. The van der Waals surface area contributed by atoms with Gasteiger partial charge in [-0.15, -0.1) is 0 Å². The van der Waals surface area contributed by atoms with Crippen LogP contribution < -0.4 is 0 Å². The number of benzene rings is 3. The Balaban J connectivity index is 1.64. The molecule has 1 aliphatic heterocycles. The van der Waals surface area contributed by atoms with E-state index < -0.39 is 31.0 Å². The minimum Gasteiger partial charge on any atom is -0.258 e. The lowest BCUT2D eigenvalue weighted by molar-refractivity contribution is -0.384. The Morgan fingerprint density at radius 3 is 1.93 bits per heavy atom. The number of non-ortho nitro benzene ring substituents is 1. The zero-order chi connectivity index (χ0) is 33.1. The molecule has 0 radical (unpaired) electrons. The number of fused-ring (bicyclic) bond motifs is 2. The summed E-state index contributed by atoms with van der Waals surface area (Å²) in [6.07, 6.45) is 0.134. The van der Waals surface area contributed by atoms with E-state index >= 15 is 0 Å². The van der Waals surface area contributed by atoms with E-state index in [1.54, 1.807) is 71.0 Å². The third kappa shape index (κ3) is 7.65. The Labute approximate surface area is 275 Å². The Kier molecular flexibility index (Phi) is 10.2. The molecule has 1 aliphatic rings. The fourth-order valence-corrected chi connectivity index (χ4v) is 8.55. The molecular weight excluding hydrogens is 647 g/mol. The van der Waals surface area contributed by atoms with Crippen LogP contribution in [0.3, 0.4) is 0 Å². The van der Waals surface area contributed by atoms with Gasteiger partial charge in [0.1, 0.15) is 0 Å². The number of nitro groups is 1. The number of aryl methyl sites for hydroxylation is 2. The van der Waals surface area contributed by atoms with E-state index in [0.29, 0.717) is 17.0 Å². The lowest BCUT2D eigenvalue weighted by atomic mass is 10.0. The van der Waals surface area contributed by atoms with E-state index in [9.17, 15) is 26.9 Å². The minimum atomic E-state index is -4.20. The van der Waals surface area contributed by atoms with E-state index in [2.05, 4.69) is 12.8 Å². The van der Waals surface area contributed by atoms with Gasteiger partial charge >= 0.3 is 0 Å². The van der Waals surface area contributed by atoms with Crippen molar-refractivity contribution >= 4 is 38.5 Å². The summed E-state index contributed by atoms with van der Waals surface area (Å²) in [6.45, 7) is 4.01. The van der Waals surface area contributed by atoms with Gasteiger partial charge < -0.3 is 0 Å². The van der Waals surface area contributed by atoms with Gasteiger partial charge in [-0.3, -0.25) is 15.1 Å². The highest BCUT2D eigenvalue weighted by molar-refractivity contribution is 7.89. The second-order valence-corrected chi connectivity index (χ2v) is 15.6. The largest absolute Gasteiger partial charge is 0.269 e. The van der Waals surface area contributed by atoms with Crippen molar-refractivity contribution in [3.63, 3.8) is 0 Å². The SMILES string of the molecule is Cc1ccc(S(=O)(=O)N2CCN(S)Cc3cccc(n3)C(Cc3ccc([N+](=O)[O-])cc3)N(S(=O)(=O)c3ccc(C)cc3)CC2)cc1. The Bertz CT molecular complexity index is 1900. The smallest absolute Gasteiger partial charge is 0.258 e. The predicted molar refractivity (Wildman–Crippen MR) is 178 cm³/mol. The van der Waals surface area contributed by atoms with Gasteiger partial charge in [0.05, 0.1) is 38.7 Å². The maximum atomic E-state index is 14.5. The van der Waals surface area contributed by atoms with Gasteiger partial charge in [0, 0.05) is 38.3 Å². The Morgan fingerprint density at radius 2 is 1.35 bits per heavy atom. The summed E-state index contributed by atoms with van der Waals surface area (Å²) in [5.74, 6) is 0. The summed E-state index contributed by atoms with van der Waals surface area (Å²) in [5.41, 5.74) is 3.45. The number of rotatable bonds is 7. The summed E-state index contributed by atoms with van der Waals surface area (Å²) >= 11 is 4.59. The first kappa shape index (κ1) is 33.7. The molecule has 11 nitrogen and oxygen atoms in total. The van der Waals surface area contributed by atoms with Gasteiger partial charge in [-0.1, -0.05) is 66.4 Å². The molecule has 0 amide bonds. The molecule has 4 aromatic rings. The molecule has 3 aromatic carbocycles. The van der Waals surface area contributed by atoms with Crippen LogP contribution in [0.5, 0.6) is 0 Å². The van der Waals surface area contributed by atoms with Gasteiger partial charge in [-0.25, -0.2) is 21.1 Å². The van der Waals surface area contributed by atoms with Crippen LogP contribution in [0.15, 0.2) is 101 Å². The molecule has 1 aromatic heterocycles. The number of aromatic nitrogens is 1. The van der Waals surface area contributed by atoms with Crippen LogP contribution in [0, 0.1) is 24.0 Å². The van der Waals surface area contributed by atoms with Crippen LogP contribution in [-0.2, 0) is 33.0 Å². The third-order valence-electron chi connectivity index (χ3n) is 7.90. The predicted octanol–water partition coefficient (Wildman–Crippen LogP) is 4.93. The third-order valence-corrected chi connectivity index (χ3v) is 12.1. The molecule has 1 unspecified atom stereocenters. The molecule has 0 N–H and O–H groups in total. The van der Waals surface area contributed by atoms with Crippen LogP contribution in [-0.4, -0.2) is 65.8 Å². The first-order chi connectivity index (χ1) is 21.8. The Hall–Kier alpha value is -3.66. The molecule has 0 fully saturated rings. The summed E-state index contributed by atoms with van der Waals surface area (Å²) in [6, 6.07) is 23.5. The van der Waals surface area contributed by atoms with Gasteiger partial charge in [0.2, 0.25) is 20.0 Å². The standard InChI is InChI=1S/C32H35N5O6S3/c1-24-6-14-29(15-7-24)45(40,41)35-19-18-34(44)23-27-4-3-5-31(33-27)32(22-26-10-12-28(13-11-26)37(38)39)36(21-20-35)46(42,43)30-16-8-25(2)9-17-30/h3-17,32,44H,18-23H2,1-2H3. The lowest BCUT2D eigenvalue weighted by Crippen LogP contribution is -2.45. The van der Waals surface area contributed by atoms with Crippen molar-refractivity contribution in [3.05, 3.63) is 129 Å². The lowest BCUT2D eigenvalue weighted by Gasteiger charge is -2.34. The van der Waals surface area contributed by atoms with Gasteiger partial charge in [-0.05, 0) is 62.2 Å². The zero-order valence-corrected chi connectivity index (χ0v) is 28.0. The molecule has 0 saturated heterocycles. The number of hydrogen-bond donors (Lipinski definition) is 1. The van der Waals surface area contributed by atoms with Crippen LogP contribution in [0.2, 0.25) is 0 Å². The number of nitrogens with zero attached hydrogens (tertiary/aromatic N) is 5. The first-order valence-corrected chi connectivity index (χ1v) is 17.9. The minimum absolute atomic E-state index is 0.0597. The molecular formula is C32H35N5O6S3. The van der Waals surface area contributed by atoms with Gasteiger partial charge in [-0.2, -0.15) is 8.61 Å². The van der Waals surface area contributed by atoms with Crippen molar-refractivity contribution in [2.45, 2.75) is 42.6 Å². The number of pyridine rings is 1. The van der Waals surface area contributed by atoms with E-state index in [1.807, 2.05) is 13.8 Å². The van der Waals surface area contributed by atoms with Gasteiger partial charge in [0.15, 0.2) is 0 Å². The van der Waals surface area contributed by atoms with Crippen LogP contribution in [0.1, 0.15) is 34.1 Å². The van der Waals surface area contributed by atoms with Crippen molar-refractivity contribution < 1.29 is 21.8 Å². The summed E-state index contributed by atoms with van der Waals surface area (Å²) < 4.78 is 61.2. The molecule has 46 heavy (non-hydrogen) atoms.